The van der Waals surface area contributed by atoms with E-state index in [-0.39, 0.29) is 0 Å². The van der Waals surface area contributed by atoms with Crippen molar-refractivity contribution in [2.45, 2.75) is 13.8 Å². The Hall–Kier alpha value is -0.670. The van der Waals surface area contributed by atoms with Gasteiger partial charge < -0.3 is 0 Å². The Labute approximate surface area is 95.9 Å². The topological polar surface area (TPSA) is 12.9 Å². The van der Waals surface area contributed by atoms with Crippen molar-refractivity contribution in [1.29, 1.82) is 0 Å². The molecular formula is C11H10BrNS. The fourth-order valence-corrected chi connectivity index (χ4v) is 2.74. The van der Waals surface area contributed by atoms with Crippen molar-refractivity contribution in [3.05, 3.63) is 39.4 Å². The molecule has 2 aromatic rings. The zero-order valence-corrected chi connectivity index (χ0v) is 10.4. The van der Waals surface area contributed by atoms with Gasteiger partial charge in [0.25, 0.3) is 0 Å². The van der Waals surface area contributed by atoms with E-state index in [0.717, 1.165) is 5.69 Å². The number of rotatable bonds is 1. The maximum Gasteiger partial charge on any atom is 0.0373 e. The highest BCUT2D eigenvalue weighted by molar-refractivity contribution is 9.10. The van der Waals surface area contributed by atoms with Crippen LogP contribution in [0.1, 0.15) is 10.6 Å². The van der Waals surface area contributed by atoms with Crippen molar-refractivity contribution in [1.82, 2.24) is 4.98 Å². The maximum absolute atomic E-state index is 4.29. The third kappa shape index (κ3) is 1.88. The minimum absolute atomic E-state index is 1.06. The third-order valence-electron chi connectivity index (χ3n) is 2.05. The maximum atomic E-state index is 4.29. The van der Waals surface area contributed by atoms with Crippen LogP contribution in [0.4, 0.5) is 0 Å². The molecule has 14 heavy (non-hydrogen) atoms. The highest BCUT2D eigenvalue weighted by Gasteiger charge is 2.04. The van der Waals surface area contributed by atoms with E-state index >= 15 is 0 Å². The van der Waals surface area contributed by atoms with E-state index in [1.807, 2.05) is 19.2 Å². The lowest BCUT2D eigenvalue weighted by atomic mass is 10.2. The van der Waals surface area contributed by atoms with E-state index < -0.39 is 0 Å². The fourth-order valence-electron chi connectivity index (χ4n) is 1.22. The molecule has 0 unspecified atom stereocenters. The average molecular weight is 268 g/mol. The number of nitrogens with zero attached hydrogens (tertiary/aromatic N) is 1. The van der Waals surface area contributed by atoms with Crippen LogP contribution in [0.3, 0.4) is 0 Å². The Morgan fingerprint density at radius 2 is 2.07 bits per heavy atom. The summed E-state index contributed by atoms with van der Waals surface area (Å²) in [5.41, 5.74) is 2.25. The smallest absolute Gasteiger partial charge is 0.0373 e. The number of halogens is 1. The minimum atomic E-state index is 1.06. The van der Waals surface area contributed by atoms with Crippen LogP contribution in [0, 0.1) is 13.8 Å². The molecule has 0 saturated carbocycles. The quantitative estimate of drug-likeness (QED) is 0.755. The normalized spacial score (nSPS) is 10.5. The predicted molar refractivity (Wildman–Crippen MR) is 64.7 cm³/mol. The number of aromatic nitrogens is 1. The van der Waals surface area contributed by atoms with Crippen LogP contribution in [0.5, 0.6) is 0 Å². The summed E-state index contributed by atoms with van der Waals surface area (Å²) in [6.45, 7) is 4.11. The lowest BCUT2D eigenvalue weighted by molar-refractivity contribution is 1.20. The Kier molecular flexibility index (Phi) is 2.70. The van der Waals surface area contributed by atoms with E-state index in [9.17, 15) is 0 Å². The molecule has 0 saturated heterocycles. The molecule has 0 aliphatic heterocycles. The van der Waals surface area contributed by atoms with Crippen molar-refractivity contribution in [3.8, 4) is 10.4 Å². The number of hydrogen-bond acceptors (Lipinski definition) is 2. The van der Waals surface area contributed by atoms with Crippen LogP contribution in [0.15, 0.2) is 28.9 Å². The fraction of sp³-hybridized carbons (Fsp3) is 0.182. The van der Waals surface area contributed by atoms with Crippen molar-refractivity contribution in [2.75, 3.05) is 0 Å². The van der Waals surface area contributed by atoms with Gasteiger partial charge in [0.2, 0.25) is 0 Å². The van der Waals surface area contributed by atoms with Crippen molar-refractivity contribution in [2.24, 2.45) is 0 Å². The zero-order chi connectivity index (χ0) is 10.1. The largest absolute Gasteiger partial charge is 0.261 e. The highest BCUT2D eigenvalue weighted by atomic mass is 79.9. The van der Waals surface area contributed by atoms with Gasteiger partial charge in [0.1, 0.15) is 0 Å². The van der Waals surface area contributed by atoms with Crippen LogP contribution in [0.25, 0.3) is 10.4 Å². The summed E-state index contributed by atoms with van der Waals surface area (Å²) in [5.74, 6) is 0. The summed E-state index contributed by atoms with van der Waals surface area (Å²) in [6.07, 6.45) is 1.92. The molecule has 2 aromatic heterocycles. The van der Waals surface area contributed by atoms with Gasteiger partial charge in [0, 0.05) is 31.7 Å². The number of aryl methyl sites for hydroxylation is 2. The molecule has 0 spiro atoms. The summed E-state index contributed by atoms with van der Waals surface area (Å²) in [5, 5.41) is 0. The number of hydrogen-bond donors (Lipinski definition) is 0. The number of thiophene rings is 1. The molecule has 0 fully saturated rings. The van der Waals surface area contributed by atoms with Crippen LogP contribution < -0.4 is 0 Å². The first-order valence-corrected chi connectivity index (χ1v) is 5.97. The summed E-state index contributed by atoms with van der Waals surface area (Å²) in [7, 11) is 0. The molecule has 0 amide bonds. The lowest BCUT2D eigenvalue weighted by Gasteiger charge is -1.96. The molecular weight excluding hydrogens is 258 g/mol. The Morgan fingerprint density at radius 1 is 1.29 bits per heavy atom. The summed E-state index contributed by atoms with van der Waals surface area (Å²) in [6, 6.07) is 6.30. The van der Waals surface area contributed by atoms with Crippen molar-refractivity contribution in [3.63, 3.8) is 0 Å². The molecule has 2 rings (SSSR count). The zero-order valence-electron chi connectivity index (χ0n) is 8.04. The molecule has 0 aliphatic carbocycles. The first-order chi connectivity index (χ1) is 6.66. The van der Waals surface area contributed by atoms with E-state index in [1.54, 1.807) is 11.3 Å². The van der Waals surface area contributed by atoms with Gasteiger partial charge in [0.15, 0.2) is 0 Å². The summed E-state index contributed by atoms with van der Waals surface area (Å²) < 4.78 is 1.18. The van der Waals surface area contributed by atoms with Gasteiger partial charge in [-0.15, -0.1) is 11.3 Å². The highest BCUT2D eigenvalue weighted by Crippen LogP contribution is 2.33. The monoisotopic (exact) mass is 267 g/mol. The minimum Gasteiger partial charge on any atom is -0.261 e. The van der Waals surface area contributed by atoms with Crippen LogP contribution in [-0.2, 0) is 0 Å². The van der Waals surface area contributed by atoms with Gasteiger partial charge in [-0.25, -0.2) is 0 Å². The number of pyridine rings is 1. The molecule has 72 valence electrons. The molecule has 0 bridgehead atoms. The SMILES string of the molecule is Cc1ccc(-c2cc(Br)c(C)s2)cn1. The molecule has 0 aliphatic rings. The first kappa shape index (κ1) is 9.87. The molecule has 1 nitrogen and oxygen atoms in total. The summed E-state index contributed by atoms with van der Waals surface area (Å²) in [4.78, 5) is 6.86. The standard InChI is InChI=1S/C11H10BrNS/c1-7-3-4-9(6-13-7)11-5-10(12)8(2)14-11/h3-6H,1-2H3. The second kappa shape index (κ2) is 3.83. The Balaban J connectivity index is 2.44. The Bertz CT molecular complexity index is 425. The average Bonchev–Trinajstić information content (AvgIpc) is 2.48. The van der Waals surface area contributed by atoms with Gasteiger partial charge in [-0.2, -0.15) is 0 Å². The van der Waals surface area contributed by atoms with E-state index in [1.165, 1.54) is 19.8 Å². The molecule has 0 N–H and O–H groups in total. The van der Waals surface area contributed by atoms with Gasteiger partial charge in [0.05, 0.1) is 0 Å². The predicted octanol–water partition coefficient (Wildman–Crippen LogP) is 4.19. The van der Waals surface area contributed by atoms with Crippen LogP contribution in [-0.4, -0.2) is 4.98 Å². The molecule has 3 heteroatoms. The second-order valence-electron chi connectivity index (χ2n) is 3.20. The van der Waals surface area contributed by atoms with Gasteiger partial charge >= 0.3 is 0 Å². The molecule has 2 heterocycles. The third-order valence-corrected chi connectivity index (χ3v) is 4.24. The lowest BCUT2D eigenvalue weighted by Crippen LogP contribution is -1.79. The molecule has 0 radical (unpaired) electrons. The van der Waals surface area contributed by atoms with E-state index in [2.05, 4.69) is 40.0 Å². The first-order valence-electron chi connectivity index (χ1n) is 4.36. The van der Waals surface area contributed by atoms with E-state index in [4.69, 9.17) is 0 Å². The van der Waals surface area contributed by atoms with Crippen molar-refractivity contribution < 1.29 is 0 Å². The second-order valence-corrected chi connectivity index (χ2v) is 5.31. The van der Waals surface area contributed by atoms with Gasteiger partial charge in [-0.3, -0.25) is 4.98 Å². The van der Waals surface area contributed by atoms with Gasteiger partial charge in [-0.05, 0) is 41.9 Å². The molecule has 0 atom stereocenters. The van der Waals surface area contributed by atoms with E-state index in [0.29, 0.717) is 0 Å². The van der Waals surface area contributed by atoms with Crippen molar-refractivity contribution >= 4 is 27.3 Å². The van der Waals surface area contributed by atoms with Crippen LogP contribution in [0.2, 0.25) is 0 Å². The van der Waals surface area contributed by atoms with Crippen LogP contribution >= 0.6 is 27.3 Å². The summed E-state index contributed by atoms with van der Waals surface area (Å²) >= 11 is 5.30. The Morgan fingerprint density at radius 3 is 2.57 bits per heavy atom. The van der Waals surface area contributed by atoms with Gasteiger partial charge in [-0.1, -0.05) is 6.07 Å². The molecule has 0 aromatic carbocycles.